The highest BCUT2D eigenvalue weighted by molar-refractivity contribution is 9.12. The van der Waals surface area contributed by atoms with Crippen LogP contribution in [-0.4, -0.2) is 19.7 Å². The van der Waals surface area contributed by atoms with Crippen LogP contribution in [0.25, 0.3) is 0 Å². The molecule has 0 aromatic carbocycles. The lowest BCUT2D eigenvalue weighted by molar-refractivity contribution is -0.0687. The van der Waals surface area contributed by atoms with Crippen molar-refractivity contribution in [2.45, 2.75) is 42.1 Å². The third-order valence-electron chi connectivity index (χ3n) is 1.46. The van der Waals surface area contributed by atoms with Gasteiger partial charge < -0.3 is 10.2 Å². The van der Waals surface area contributed by atoms with Gasteiger partial charge in [-0.05, 0) is 22.4 Å². The highest BCUT2D eigenvalue weighted by atomic mass is 79.9. The van der Waals surface area contributed by atoms with E-state index in [9.17, 15) is 0 Å². The molecule has 0 radical (unpaired) electrons. The van der Waals surface area contributed by atoms with Crippen LogP contribution >= 0.6 is 31.9 Å². The van der Waals surface area contributed by atoms with Crippen LogP contribution in [0, 0.1) is 0 Å². The average molecular weight is 290 g/mol. The first-order chi connectivity index (χ1) is 4.98. The van der Waals surface area contributed by atoms with Crippen molar-refractivity contribution < 1.29 is 10.2 Å². The van der Waals surface area contributed by atoms with Gasteiger partial charge in [-0.25, -0.2) is 0 Å². The molecule has 0 aliphatic rings. The van der Waals surface area contributed by atoms with E-state index < -0.39 is 4.70 Å². The molecule has 2 nitrogen and oxygen atoms in total. The maximum atomic E-state index is 9.01. The third kappa shape index (κ3) is 6.08. The number of alkyl halides is 2. The van der Waals surface area contributed by atoms with Gasteiger partial charge in [-0.15, -0.1) is 0 Å². The van der Waals surface area contributed by atoms with Crippen molar-refractivity contribution in [1.82, 2.24) is 0 Å². The number of rotatable bonds is 5. The average Bonchev–Trinajstić information content (AvgIpc) is 1.86. The summed E-state index contributed by atoms with van der Waals surface area (Å²) in [5.74, 6) is 0. The number of hydrogen-bond acceptors (Lipinski definition) is 2. The Balaban J connectivity index is 3.44. The Morgan fingerprint density at radius 3 is 2.27 bits per heavy atom. The maximum absolute atomic E-state index is 9.01. The van der Waals surface area contributed by atoms with Crippen LogP contribution in [0.4, 0.5) is 0 Å². The van der Waals surface area contributed by atoms with Crippen LogP contribution in [0.1, 0.15) is 32.6 Å². The van der Waals surface area contributed by atoms with Crippen molar-refractivity contribution in [3.05, 3.63) is 0 Å². The van der Waals surface area contributed by atoms with Gasteiger partial charge in [-0.1, -0.05) is 42.1 Å². The number of hydrogen-bond donors (Lipinski definition) is 2. The quantitative estimate of drug-likeness (QED) is 0.463. The van der Waals surface area contributed by atoms with E-state index in [4.69, 9.17) is 10.2 Å². The minimum absolute atomic E-state index is 0.290. The van der Waals surface area contributed by atoms with Gasteiger partial charge in [-0.3, -0.25) is 0 Å². The molecule has 1 atom stereocenters. The van der Waals surface area contributed by atoms with Crippen LogP contribution in [0.2, 0.25) is 0 Å². The Bertz CT molecular complexity index is 101. The van der Waals surface area contributed by atoms with E-state index in [2.05, 4.69) is 38.8 Å². The van der Waals surface area contributed by atoms with Gasteiger partial charge in [-0.2, -0.15) is 0 Å². The Morgan fingerprint density at radius 2 is 1.91 bits per heavy atom. The summed E-state index contributed by atoms with van der Waals surface area (Å²) in [7, 11) is 0. The first-order valence-corrected chi connectivity index (χ1v) is 5.47. The Kier molecular flexibility index (Phi) is 5.95. The summed E-state index contributed by atoms with van der Waals surface area (Å²) < 4.78 is -1.76. The lowest BCUT2D eigenvalue weighted by Crippen LogP contribution is -2.30. The molecule has 0 saturated carbocycles. The van der Waals surface area contributed by atoms with Crippen LogP contribution < -0.4 is 0 Å². The van der Waals surface area contributed by atoms with Gasteiger partial charge >= 0.3 is 0 Å². The van der Waals surface area contributed by atoms with E-state index >= 15 is 0 Å². The van der Waals surface area contributed by atoms with Gasteiger partial charge in [0.1, 0.15) is 0 Å². The zero-order chi connectivity index (χ0) is 8.91. The zero-order valence-electron chi connectivity index (χ0n) is 6.56. The Labute approximate surface area is 84.3 Å². The van der Waals surface area contributed by atoms with Gasteiger partial charge in [0, 0.05) is 0 Å². The summed E-state index contributed by atoms with van der Waals surface area (Å²) in [4.78, 5) is -0.290. The standard InChI is InChI=1S/C7H14Br2O2/c1-2-3-4-5-6(8)7(9,10)11/h6,10-11H,2-5H2,1H3. The third-order valence-corrected chi connectivity index (χ3v) is 3.72. The van der Waals surface area contributed by atoms with Crippen LogP contribution in [0.5, 0.6) is 0 Å². The van der Waals surface area contributed by atoms with Crippen LogP contribution in [-0.2, 0) is 0 Å². The fourth-order valence-corrected chi connectivity index (χ4v) is 1.31. The van der Waals surface area contributed by atoms with Gasteiger partial charge in [0.15, 0.2) is 0 Å². The first-order valence-electron chi connectivity index (χ1n) is 3.76. The van der Waals surface area contributed by atoms with E-state index in [1.807, 2.05) is 0 Å². The molecular weight excluding hydrogens is 276 g/mol. The van der Waals surface area contributed by atoms with Crippen molar-refractivity contribution in [1.29, 1.82) is 0 Å². The normalized spacial score (nSPS) is 15.0. The summed E-state index contributed by atoms with van der Waals surface area (Å²) in [5.41, 5.74) is 0. The number of unbranched alkanes of at least 4 members (excludes halogenated alkanes) is 2. The summed E-state index contributed by atoms with van der Waals surface area (Å²) >= 11 is 5.94. The highest BCUT2D eigenvalue weighted by Gasteiger charge is 2.28. The highest BCUT2D eigenvalue weighted by Crippen LogP contribution is 2.26. The van der Waals surface area contributed by atoms with Gasteiger partial charge in [0.2, 0.25) is 4.70 Å². The van der Waals surface area contributed by atoms with Gasteiger partial charge in [0.25, 0.3) is 0 Å². The molecule has 0 rings (SSSR count). The predicted octanol–water partition coefficient (Wildman–Crippen LogP) is 2.36. The minimum Gasteiger partial charge on any atom is -0.356 e. The maximum Gasteiger partial charge on any atom is 0.234 e. The first kappa shape index (κ1) is 11.9. The molecule has 0 aromatic rings. The predicted molar refractivity (Wildman–Crippen MR) is 53.0 cm³/mol. The molecule has 0 amide bonds. The van der Waals surface area contributed by atoms with Crippen molar-refractivity contribution in [3.8, 4) is 0 Å². The lowest BCUT2D eigenvalue weighted by Gasteiger charge is -2.19. The number of aliphatic hydroxyl groups is 2. The molecular formula is C7H14Br2O2. The fraction of sp³-hybridized carbons (Fsp3) is 1.00. The Hall–Kier alpha value is 0.880. The van der Waals surface area contributed by atoms with Crippen molar-refractivity contribution in [2.24, 2.45) is 0 Å². The molecule has 68 valence electrons. The van der Waals surface area contributed by atoms with E-state index in [0.29, 0.717) is 0 Å². The monoisotopic (exact) mass is 288 g/mol. The second kappa shape index (κ2) is 5.51. The van der Waals surface area contributed by atoms with E-state index in [0.717, 1.165) is 25.7 Å². The molecule has 0 heterocycles. The largest absolute Gasteiger partial charge is 0.356 e. The van der Waals surface area contributed by atoms with Crippen molar-refractivity contribution >= 4 is 31.9 Å². The van der Waals surface area contributed by atoms with Crippen molar-refractivity contribution in [2.75, 3.05) is 0 Å². The molecule has 1 unspecified atom stereocenters. The summed E-state index contributed by atoms with van der Waals surface area (Å²) in [6.45, 7) is 2.11. The molecule has 0 saturated heterocycles. The van der Waals surface area contributed by atoms with E-state index in [1.54, 1.807) is 0 Å². The van der Waals surface area contributed by atoms with E-state index in [1.165, 1.54) is 0 Å². The molecule has 0 spiro atoms. The van der Waals surface area contributed by atoms with E-state index in [-0.39, 0.29) is 4.83 Å². The van der Waals surface area contributed by atoms with Crippen LogP contribution in [0.3, 0.4) is 0 Å². The fourth-order valence-electron chi connectivity index (χ4n) is 0.757. The molecule has 11 heavy (non-hydrogen) atoms. The summed E-state index contributed by atoms with van der Waals surface area (Å²) in [6, 6.07) is 0. The molecule has 0 fully saturated rings. The molecule has 0 aliphatic carbocycles. The molecule has 0 aliphatic heterocycles. The second-order valence-corrected chi connectivity index (χ2v) is 4.87. The molecule has 0 aromatic heterocycles. The molecule has 4 heteroatoms. The second-order valence-electron chi connectivity index (χ2n) is 2.60. The van der Waals surface area contributed by atoms with Gasteiger partial charge in [0.05, 0.1) is 4.83 Å². The SMILES string of the molecule is CCCCCC(Br)C(O)(O)Br. The van der Waals surface area contributed by atoms with Crippen LogP contribution in [0.15, 0.2) is 0 Å². The molecule has 0 bridgehead atoms. The summed E-state index contributed by atoms with van der Waals surface area (Å²) in [6.07, 6.45) is 4.06. The van der Waals surface area contributed by atoms with Crippen molar-refractivity contribution in [3.63, 3.8) is 0 Å². The summed E-state index contributed by atoms with van der Waals surface area (Å²) in [5, 5.41) is 18.0. The molecule has 2 N–H and O–H groups in total. The zero-order valence-corrected chi connectivity index (χ0v) is 9.73. The number of halogens is 2. The Morgan fingerprint density at radius 1 is 1.36 bits per heavy atom. The topological polar surface area (TPSA) is 40.5 Å². The minimum atomic E-state index is -1.76. The lowest BCUT2D eigenvalue weighted by atomic mass is 10.1. The smallest absolute Gasteiger partial charge is 0.234 e.